The molecule has 0 aliphatic heterocycles. The zero-order valence-electron chi connectivity index (χ0n) is 13.4. The maximum Gasteiger partial charge on any atom is 0.0818 e. The Kier molecular flexibility index (Phi) is 5.72. The smallest absolute Gasteiger partial charge is 0.0818 e. The van der Waals surface area contributed by atoms with Crippen LogP contribution >= 0.6 is 0 Å². The quantitative estimate of drug-likeness (QED) is 0.736. The standard InChI is InChI=1S/C19H26N2O/c1-19(2,16-11-7-4-8-12-16)21-14-18(22)17(20)13-15-9-5-3-6-10-15/h3-12,17-18,21-22H,13-14,20H2,1-2H3/t17-,18+/m0/s1. The number of hydrogen-bond acceptors (Lipinski definition) is 3. The summed E-state index contributed by atoms with van der Waals surface area (Å²) in [6.07, 6.45) is 0.0957. The zero-order chi connectivity index (χ0) is 16.0. The van der Waals surface area contributed by atoms with E-state index in [1.807, 2.05) is 48.5 Å². The van der Waals surface area contributed by atoms with Crippen molar-refractivity contribution in [3.05, 3.63) is 71.8 Å². The van der Waals surface area contributed by atoms with Crippen molar-refractivity contribution in [2.45, 2.75) is 38.0 Å². The van der Waals surface area contributed by atoms with E-state index in [1.54, 1.807) is 0 Å². The Morgan fingerprint density at radius 3 is 2.14 bits per heavy atom. The van der Waals surface area contributed by atoms with Gasteiger partial charge in [0.15, 0.2) is 0 Å². The van der Waals surface area contributed by atoms with Gasteiger partial charge in [-0.25, -0.2) is 0 Å². The summed E-state index contributed by atoms with van der Waals surface area (Å²) in [5.74, 6) is 0. The summed E-state index contributed by atoms with van der Waals surface area (Å²) in [5, 5.41) is 13.7. The summed E-state index contributed by atoms with van der Waals surface area (Å²) in [6.45, 7) is 4.69. The van der Waals surface area contributed by atoms with Gasteiger partial charge >= 0.3 is 0 Å². The summed E-state index contributed by atoms with van der Waals surface area (Å²) in [7, 11) is 0. The fourth-order valence-corrected chi connectivity index (χ4v) is 2.49. The van der Waals surface area contributed by atoms with Crippen molar-refractivity contribution in [1.29, 1.82) is 0 Å². The highest BCUT2D eigenvalue weighted by Gasteiger charge is 2.22. The molecule has 2 aromatic rings. The lowest BCUT2D eigenvalue weighted by Crippen LogP contribution is -2.48. The Hall–Kier alpha value is -1.68. The number of nitrogens with two attached hydrogens (primary N) is 1. The lowest BCUT2D eigenvalue weighted by atomic mass is 9.93. The molecule has 0 spiro atoms. The van der Waals surface area contributed by atoms with Gasteiger partial charge in [-0.2, -0.15) is 0 Å². The second-order valence-corrected chi connectivity index (χ2v) is 6.29. The summed E-state index contributed by atoms with van der Waals surface area (Å²) in [4.78, 5) is 0. The highest BCUT2D eigenvalue weighted by Crippen LogP contribution is 2.19. The molecule has 0 heterocycles. The highest BCUT2D eigenvalue weighted by atomic mass is 16.3. The molecule has 0 unspecified atom stereocenters. The van der Waals surface area contributed by atoms with Crippen LogP contribution in [0.4, 0.5) is 0 Å². The number of hydrogen-bond donors (Lipinski definition) is 3. The zero-order valence-corrected chi connectivity index (χ0v) is 13.4. The molecule has 0 saturated carbocycles. The van der Waals surface area contributed by atoms with Crippen LogP contribution in [-0.4, -0.2) is 23.8 Å². The predicted octanol–water partition coefficient (Wildman–Crippen LogP) is 2.44. The second kappa shape index (κ2) is 7.54. The van der Waals surface area contributed by atoms with Crippen molar-refractivity contribution in [2.24, 2.45) is 5.73 Å². The van der Waals surface area contributed by atoms with E-state index in [-0.39, 0.29) is 11.6 Å². The lowest BCUT2D eigenvalue weighted by molar-refractivity contribution is 0.131. The molecule has 2 atom stereocenters. The third-order valence-corrected chi connectivity index (χ3v) is 4.06. The van der Waals surface area contributed by atoms with Crippen molar-refractivity contribution in [3.63, 3.8) is 0 Å². The van der Waals surface area contributed by atoms with E-state index in [0.29, 0.717) is 13.0 Å². The monoisotopic (exact) mass is 298 g/mol. The molecule has 0 aliphatic carbocycles. The topological polar surface area (TPSA) is 58.3 Å². The van der Waals surface area contributed by atoms with Crippen molar-refractivity contribution in [3.8, 4) is 0 Å². The Balaban J connectivity index is 1.88. The first kappa shape index (κ1) is 16.7. The average Bonchev–Trinajstić information content (AvgIpc) is 2.54. The minimum Gasteiger partial charge on any atom is -0.390 e. The van der Waals surface area contributed by atoms with Gasteiger partial charge in [0, 0.05) is 18.1 Å². The van der Waals surface area contributed by atoms with Gasteiger partial charge in [0.1, 0.15) is 0 Å². The van der Waals surface area contributed by atoms with E-state index in [1.165, 1.54) is 5.56 Å². The second-order valence-electron chi connectivity index (χ2n) is 6.29. The summed E-state index contributed by atoms with van der Waals surface area (Å²) >= 11 is 0. The first-order valence-electron chi connectivity index (χ1n) is 7.77. The molecule has 2 rings (SSSR count). The van der Waals surface area contributed by atoms with Crippen LogP contribution in [0.3, 0.4) is 0 Å². The number of nitrogens with one attached hydrogen (secondary N) is 1. The molecule has 0 radical (unpaired) electrons. The normalized spacial score (nSPS) is 14.5. The van der Waals surface area contributed by atoms with Crippen LogP contribution in [0.5, 0.6) is 0 Å². The maximum atomic E-state index is 10.3. The van der Waals surface area contributed by atoms with Crippen molar-refractivity contribution >= 4 is 0 Å². The number of benzene rings is 2. The van der Waals surface area contributed by atoms with Crippen molar-refractivity contribution < 1.29 is 5.11 Å². The van der Waals surface area contributed by atoms with E-state index in [2.05, 4.69) is 31.3 Å². The number of aliphatic hydroxyl groups is 1. The summed E-state index contributed by atoms with van der Waals surface area (Å²) < 4.78 is 0. The highest BCUT2D eigenvalue weighted by molar-refractivity contribution is 5.22. The minimum atomic E-state index is -0.580. The third-order valence-electron chi connectivity index (χ3n) is 4.06. The first-order chi connectivity index (χ1) is 10.5. The molecule has 118 valence electrons. The molecule has 2 aromatic carbocycles. The molecule has 4 N–H and O–H groups in total. The average molecular weight is 298 g/mol. The van der Waals surface area contributed by atoms with Crippen LogP contribution in [0.2, 0.25) is 0 Å². The Morgan fingerprint density at radius 2 is 1.55 bits per heavy atom. The molecule has 0 aliphatic rings. The van der Waals surface area contributed by atoms with E-state index in [4.69, 9.17) is 5.73 Å². The van der Waals surface area contributed by atoms with Gasteiger partial charge in [-0.1, -0.05) is 60.7 Å². The van der Waals surface area contributed by atoms with Crippen LogP contribution in [0.15, 0.2) is 60.7 Å². The minimum absolute atomic E-state index is 0.200. The predicted molar refractivity (Wildman–Crippen MR) is 91.6 cm³/mol. The fourth-order valence-electron chi connectivity index (χ4n) is 2.49. The Bertz CT molecular complexity index is 554. The van der Waals surface area contributed by atoms with E-state index >= 15 is 0 Å². The van der Waals surface area contributed by atoms with Gasteiger partial charge < -0.3 is 16.2 Å². The van der Waals surface area contributed by atoms with Gasteiger partial charge in [0.25, 0.3) is 0 Å². The van der Waals surface area contributed by atoms with Crippen LogP contribution < -0.4 is 11.1 Å². The molecule has 0 aromatic heterocycles. The first-order valence-corrected chi connectivity index (χ1v) is 7.77. The molecule has 3 nitrogen and oxygen atoms in total. The Labute approximate surface area is 133 Å². The van der Waals surface area contributed by atoms with Gasteiger partial charge in [-0.05, 0) is 31.4 Å². The van der Waals surface area contributed by atoms with Gasteiger partial charge in [-0.3, -0.25) is 0 Å². The lowest BCUT2D eigenvalue weighted by Gasteiger charge is -2.30. The van der Waals surface area contributed by atoms with Gasteiger partial charge in [0.2, 0.25) is 0 Å². The SMILES string of the molecule is CC(C)(NC[C@@H](O)[C@@H](N)Cc1ccccc1)c1ccccc1. The largest absolute Gasteiger partial charge is 0.390 e. The summed E-state index contributed by atoms with van der Waals surface area (Å²) in [5.41, 5.74) is 8.27. The third kappa shape index (κ3) is 4.67. The van der Waals surface area contributed by atoms with Crippen LogP contribution in [0.25, 0.3) is 0 Å². The molecule has 0 saturated heterocycles. The molecule has 22 heavy (non-hydrogen) atoms. The van der Waals surface area contributed by atoms with Gasteiger partial charge in [-0.15, -0.1) is 0 Å². The van der Waals surface area contributed by atoms with Crippen molar-refractivity contribution in [1.82, 2.24) is 5.32 Å². The molecular weight excluding hydrogens is 272 g/mol. The molecule has 0 amide bonds. The van der Waals surface area contributed by atoms with E-state index in [9.17, 15) is 5.11 Å². The summed E-state index contributed by atoms with van der Waals surface area (Å²) in [6, 6.07) is 20.0. The van der Waals surface area contributed by atoms with Crippen LogP contribution in [0, 0.1) is 0 Å². The molecule has 0 fully saturated rings. The Morgan fingerprint density at radius 1 is 1.00 bits per heavy atom. The fraction of sp³-hybridized carbons (Fsp3) is 0.368. The number of rotatable bonds is 7. The van der Waals surface area contributed by atoms with E-state index in [0.717, 1.165) is 5.56 Å². The molecular formula is C19H26N2O. The molecule has 3 heteroatoms. The van der Waals surface area contributed by atoms with E-state index < -0.39 is 6.10 Å². The maximum absolute atomic E-state index is 10.3. The van der Waals surface area contributed by atoms with Crippen LogP contribution in [0.1, 0.15) is 25.0 Å². The van der Waals surface area contributed by atoms with Crippen molar-refractivity contribution in [2.75, 3.05) is 6.54 Å². The van der Waals surface area contributed by atoms with Crippen LogP contribution in [-0.2, 0) is 12.0 Å². The van der Waals surface area contributed by atoms with Gasteiger partial charge in [0.05, 0.1) is 6.10 Å². The molecule has 0 bridgehead atoms. The number of aliphatic hydroxyl groups excluding tert-OH is 1.